The van der Waals surface area contributed by atoms with Gasteiger partial charge in [0.1, 0.15) is 6.54 Å². The van der Waals surface area contributed by atoms with Crippen molar-refractivity contribution in [3.05, 3.63) is 11.9 Å². The molecule has 0 saturated heterocycles. The van der Waals surface area contributed by atoms with Crippen molar-refractivity contribution in [1.29, 1.82) is 0 Å². The van der Waals surface area contributed by atoms with Gasteiger partial charge in [-0.1, -0.05) is 5.21 Å². The van der Waals surface area contributed by atoms with Crippen LogP contribution in [0.3, 0.4) is 0 Å². The van der Waals surface area contributed by atoms with Crippen molar-refractivity contribution >= 4 is 5.91 Å². The van der Waals surface area contributed by atoms with Crippen LogP contribution in [-0.4, -0.2) is 46.4 Å². The van der Waals surface area contributed by atoms with Crippen LogP contribution in [-0.2, 0) is 17.9 Å². The van der Waals surface area contributed by atoms with E-state index in [1.165, 1.54) is 12.8 Å². The van der Waals surface area contributed by atoms with Gasteiger partial charge in [0.2, 0.25) is 5.91 Å². The highest BCUT2D eigenvalue weighted by Crippen LogP contribution is 2.27. The number of likely N-dealkylation sites (N-methyl/N-ethyl adjacent to an activating group) is 1. The highest BCUT2D eigenvalue weighted by atomic mass is 16.2. The zero-order valence-corrected chi connectivity index (χ0v) is 10.4. The summed E-state index contributed by atoms with van der Waals surface area (Å²) in [6.45, 7) is 2.04. The Morgan fingerprint density at radius 3 is 3.00 bits per heavy atom. The minimum Gasteiger partial charge on any atom is -0.347 e. The minimum absolute atomic E-state index is 0.0207. The Kier molecular flexibility index (Phi) is 3.73. The number of nitrogens with zero attached hydrogens (tertiary/aromatic N) is 4. The number of hydrogen-bond donors (Lipinski definition) is 1. The van der Waals surface area contributed by atoms with Crippen molar-refractivity contribution in [2.45, 2.75) is 25.9 Å². The normalized spacial score (nSPS) is 14.9. The molecule has 1 aliphatic rings. The van der Waals surface area contributed by atoms with Crippen molar-refractivity contribution in [2.24, 2.45) is 5.92 Å². The van der Waals surface area contributed by atoms with Crippen LogP contribution in [0.15, 0.2) is 6.20 Å². The third-order valence-electron chi connectivity index (χ3n) is 2.82. The van der Waals surface area contributed by atoms with Crippen LogP contribution in [0.2, 0.25) is 0 Å². The van der Waals surface area contributed by atoms with E-state index in [1.54, 1.807) is 23.7 Å². The predicted octanol–water partition coefficient (Wildman–Crippen LogP) is -0.134. The van der Waals surface area contributed by atoms with E-state index in [9.17, 15) is 4.79 Å². The van der Waals surface area contributed by atoms with Gasteiger partial charge < -0.3 is 10.2 Å². The fourth-order valence-corrected chi connectivity index (χ4v) is 1.50. The first-order chi connectivity index (χ1) is 8.15. The molecular formula is C11H19N5O. The van der Waals surface area contributed by atoms with Crippen LogP contribution in [0.1, 0.15) is 18.5 Å². The van der Waals surface area contributed by atoms with E-state index >= 15 is 0 Å². The van der Waals surface area contributed by atoms with Crippen LogP contribution in [0, 0.1) is 5.92 Å². The van der Waals surface area contributed by atoms with Crippen LogP contribution in [0.25, 0.3) is 0 Å². The Balaban J connectivity index is 1.76. The van der Waals surface area contributed by atoms with Gasteiger partial charge in [0.05, 0.1) is 11.9 Å². The molecule has 1 saturated carbocycles. The fraction of sp³-hybridized carbons (Fsp3) is 0.727. The summed E-state index contributed by atoms with van der Waals surface area (Å²) in [6.07, 6.45) is 4.51. The van der Waals surface area contributed by atoms with E-state index in [2.05, 4.69) is 15.6 Å². The van der Waals surface area contributed by atoms with E-state index in [0.29, 0.717) is 0 Å². The first-order valence-corrected chi connectivity index (χ1v) is 5.95. The van der Waals surface area contributed by atoms with Crippen molar-refractivity contribution in [3.8, 4) is 0 Å². The molecule has 1 aromatic rings. The zero-order valence-electron chi connectivity index (χ0n) is 10.4. The summed E-state index contributed by atoms with van der Waals surface area (Å²) in [6, 6.07) is 0. The molecule has 0 aliphatic heterocycles. The molecule has 1 aliphatic carbocycles. The van der Waals surface area contributed by atoms with E-state index in [4.69, 9.17) is 0 Å². The van der Waals surface area contributed by atoms with Crippen LogP contribution in [0.4, 0.5) is 0 Å². The fourth-order valence-electron chi connectivity index (χ4n) is 1.50. The number of nitrogens with one attached hydrogen (secondary N) is 1. The van der Waals surface area contributed by atoms with E-state index in [-0.39, 0.29) is 12.5 Å². The Morgan fingerprint density at radius 1 is 1.59 bits per heavy atom. The maximum Gasteiger partial charge on any atom is 0.243 e. The molecule has 1 heterocycles. The molecule has 94 valence electrons. The molecular weight excluding hydrogens is 218 g/mol. The molecule has 17 heavy (non-hydrogen) atoms. The van der Waals surface area contributed by atoms with Crippen molar-refractivity contribution in [3.63, 3.8) is 0 Å². The Labute approximate surface area is 101 Å². The van der Waals surface area contributed by atoms with Crippen LogP contribution >= 0.6 is 0 Å². The largest absolute Gasteiger partial charge is 0.347 e. The molecule has 1 N–H and O–H groups in total. The van der Waals surface area contributed by atoms with Gasteiger partial charge in [0, 0.05) is 20.6 Å². The Morgan fingerprint density at radius 2 is 2.35 bits per heavy atom. The third-order valence-corrected chi connectivity index (χ3v) is 2.82. The summed E-state index contributed by atoms with van der Waals surface area (Å²) in [5.74, 6) is 0.882. The minimum atomic E-state index is 0.0207. The topological polar surface area (TPSA) is 63.1 Å². The molecule has 0 bridgehead atoms. The number of rotatable bonds is 6. The number of aromatic nitrogens is 3. The molecule has 6 heteroatoms. The summed E-state index contributed by atoms with van der Waals surface area (Å²) >= 11 is 0. The predicted molar refractivity (Wildman–Crippen MR) is 63.1 cm³/mol. The van der Waals surface area contributed by atoms with Gasteiger partial charge >= 0.3 is 0 Å². The van der Waals surface area contributed by atoms with Crippen LogP contribution < -0.4 is 5.32 Å². The lowest BCUT2D eigenvalue weighted by molar-refractivity contribution is -0.129. The molecule has 1 aromatic heterocycles. The average Bonchev–Trinajstić information content (AvgIpc) is 2.99. The van der Waals surface area contributed by atoms with Gasteiger partial charge in [-0.25, -0.2) is 4.68 Å². The summed E-state index contributed by atoms with van der Waals surface area (Å²) in [5, 5.41) is 11.3. The summed E-state index contributed by atoms with van der Waals surface area (Å²) in [5.41, 5.74) is 0.886. The molecule has 2 rings (SSSR count). The molecule has 6 nitrogen and oxygen atoms in total. The van der Waals surface area contributed by atoms with Gasteiger partial charge in [-0.05, 0) is 25.3 Å². The summed E-state index contributed by atoms with van der Waals surface area (Å²) in [4.78, 5) is 13.0. The number of carbonyl (C=O) groups is 1. The molecule has 0 spiro atoms. The lowest BCUT2D eigenvalue weighted by Crippen LogP contribution is -2.26. The maximum absolute atomic E-state index is 11.5. The van der Waals surface area contributed by atoms with Gasteiger partial charge in [-0.15, -0.1) is 5.10 Å². The second-order valence-corrected chi connectivity index (χ2v) is 4.77. The lowest BCUT2D eigenvalue weighted by atomic mass is 10.4. The molecule has 0 unspecified atom stereocenters. The van der Waals surface area contributed by atoms with Crippen LogP contribution in [0.5, 0.6) is 0 Å². The molecule has 0 atom stereocenters. The Hall–Kier alpha value is -1.43. The van der Waals surface area contributed by atoms with Gasteiger partial charge in [0.15, 0.2) is 0 Å². The Bertz CT molecular complexity index is 383. The smallest absolute Gasteiger partial charge is 0.243 e. The maximum atomic E-state index is 11.5. The molecule has 0 radical (unpaired) electrons. The second-order valence-electron chi connectivity index (χ2n) is 4.77. The first-order valence-electron chi connectivity index (χ1n) is 5.95. The quantitative estimate of drug-likeness (QED) is 0.748. The monoisotopic (exact) mass is 237 g/mol. The standard InChI is InChI=1S/C11H19N5O/c1-15(2)11(17)8-16-7-10(13-14-16)6-12-5-9-3-4-9/h7,9,12H,3-6,8H2,1-2H3. The first kappa shape index (κ1) is 12.0. The third kappa shape index (κ3) is 3.81. The summed E-state index contributed by atoms with van der Waals surface area (Å²) < 4.78 is 1.58. The van der Waals surface area contributed by atoms with E-state index in [0.717, 1.165) is 24.7 Å². The average molecular weight is 237 g/mol. The highest BCUT2D eigenvalue weighted by Gasteiger charge is 2.20. The molecule has 1 fully saturated rings. The molecule has 1 amide bonds. The lowest BCUT2D eigenvalue weighted by Gasteiger charge is -2.08. The van der Waals surface area contributed by atoms with Crippen molar-refractivity contribution < 1.29 is 4.79 Å². The number of hydrogen-bond acceptors (Lipinski definition) is 4. The highest BCUT2D eigenvalue weighted by molar-refractivity contribution is 5.75. The van der Waals surface area contributed by atoms with Crippen molar-refractivity contribution in [1.82, 2.24) is 25.2 Å². The number of carbonyl (C=O) groups excluding carboxylic acids is 1. The number of amides is 1. The second kappa shape index (κ2) is 5.27. The van der Waals surface area contributed by atoms with E-state index in [1.807, 2.05) is 6.20 Å². The van der Waals surface area contributed by atoms with E-state index < -0.39 is 0 Å². The van der Waals surface area contributed by atoms with Gasteiger partial charge in [-0.2, -0.15) is 0 Å². The summed E-state index contributed by atoms with van der Waals surface area (Å²) in [7, 11) is 3.47. The SMILES string of the molecule is CN(C)C(=O)Cn1cc(CNCC2CC2)nn1. The molecule has 0 aromatic carbocycles. The zero-order chi connectivity index (χ0) is 12.3. The van der Waals surface area contributed by atoms with Crippen molar-refractivity contribution in [2.75, 3.05) is 20.6 Å². The van der Waals surface area contributed by atoms with Gasteiger partial charge in [-0.3, -0.25) is 4.79 Å². The van der Waals surface area contributed by atoms with Gasteiger partial charge in [0.25, 0.3) is 0 Å².